The van der Waals surface area contributed by atoms with Gasteiger partial charge in [0.1, 0.15) is 0 Å². The third-order valence-electron chi connectivity index (χ3n) is 5.87. The van der Waals surface area contributed by atoms with E-state index in [1.807, 2.05) is 72.8 Å². The lowest BCUT2D eigenvalue weighted by atomic mass is 9.83. The maximum atomic E-state index is 13.8. The molecule has 0 saturated carbocycles. The van der Waals surface area contributed by atoms with Crippen LogP contribution in [0.4, 0.5) is 16.2 Å². The Hall–Kier alpha value is -4.11. The molecular weight excluding hydrogens is 402 g/mol. The van der Waals surface area contributed by atoms with E-state index in [-0.39, 0.29) is 18.4 Å². The number of carbonyl (C=O) groups is 2. The third kappa shape index (κ3) is 3.81. The van der Waals surface area contributed by atoms with Gasteiger partial charge in [-0.15, -0.1) is 0 Å². The molecule has 0 bridgehead atoms. The molecular formula is C26H23N3O3. The maximum Gasteiger partial charge on any atom is 0.329 e. The van der Waals surface area contributed by atoms with Gasteiger partial charge in [-0.3, -0.25) is 14.6 Å². The number of hydrogen-bond donors (Lipinski definition) is 0. The maximum absolute atomic E-state index is 13.8. The van der Waals surface area contributed by atoms with Crippen LogP contribution in [0.25, 0.3) is 0 Å². The van der Waals surface area contributed by atoms with Crippen molar-refractivity contribution >= 4 is 23.4 Å². The molecule has 32 heavy (non-hydrogen) atoms. The van der Waals surface area contributed by atoms with Crippen LogP contribution in [0, 0.1) is 11.3 Å². The van der Waals surface area contributed by atoms with Crippen LogP contribution in [0.2, 0.25) is 0 Å². The van der Waals surface area contributed by atoms with E-state index in [2.05, 4.69) is 6.07 Å². The molecule has 1 atom stereocenters. The number of rotatable bonds is 6. The number of anilines is 2. The molecule has 1 saturated heterocycles. The van der Waals surface area contributed by atoms with Gasteiger partial charge in [0.15, 0.2) is 0 Å². The van der Waals surface area contributed by atoms with Crippen LogP contribution in [-0.4, -0.2) is 25.7 Å². The first-order valence-electron chi connectivity index (χ1n) is 10.4. The number of amides is 2. The fourth-order valence-electron chi connectivity index (χ4n) is 4.27. The highest BCUT2D eigenvalue weighted by molar-refractivity contribution is 6.08. The van der Waals surface area contributed by atoms with E-state index in [1.54, 1.807) is 21.9 Å². The van der Waals surface area contributed by atoms with E-state index in [1.165, 1.54) is 7.11 Å². The van der Waals surface area contributed by atoms with Crippen molar-refractivity contribution in [1.29, 1.82) is 5.26 Å². The van der Waals surface area contributed by atoms with Crippen molar-refractivity contribution < 1.29 is 14.3 Å². The van der Waals surface area contributed by atoms with Crippen LogP contribution in [0.5, 0.6) is 0 Å². The summed E-state index contributed by atoms with van der Waals surface area (Å²) in [6.07, 6.45) is 0.519. The Morgan fingerprint density at radius 1 is 0.969 bits per heavy atom. The first-order chi connectivity index (χ1) is 15.6. The van der Waals surface area contributed by atoms with Crippen molar-refractivity contribution in [1.82, 2.24) is 0 Å². The standard InChI is InChI=1S/C26H23N3O3/c1-32-24(30)16-17-26(21-14-12-20(18-27)13-15-21)19-28(22-8-4-2-5-9-22)25(31)29(26)23-10-6-3-7-11-23/h2-15H,16-17,19H2,1H3. The number of para-hydroxylation sites is 2. The number of benzene rings is 3. The van der Waals surface area contributed by atoms with Gasteiger partial charge in [0.25, 0.3) is 0 Å². The summed E-state index contributed by atoms with van der Waals surface area (Å²) in [7, 11) is 1.36. The Balaban J connectivity index is 1.89. The monoisotopic (exact) mass is 425 g/mol. The zero-order chi connectivity index (χ0) is 22.6. The first-order valence-corrected chi connectivity index (χ1v) is 10.4. The summed E-state index contributed by atoms with van der Waals surface area (Å²) in [6, 6.07) is 28.1. The topological polar surface area (TPSA) is 73.6 Å². The normalized spacial score (nSPS) is 17.8. The summed E-state index contributed by atoms with van der Waals surface area (Å²) in [6.45, 7) is 0.355. The molecule has 1 unspecified atom stereocenters. The van der Waals surface area contributed by atoms with Gasteiger partial charge in [-0.25, -0.2) is 4.79 Å². The van der Waals surface area contributed by atoms with Crippen molar-refractivity contribution in [3.63, 3.8) is 0 Å². The van der Waals surface area contributed by atoms with Gasteiger partial charge in [-0.2, -0.15) is 5.26 Å². The predicted octanol–water partition coefficient (Wildman–Crippen LogP) is 4.85. The van der Waals surface area contributed by atoms with Crippen LogP contribution < -0.4 is 9.80 Å². The number of methoxy groups -OCH3 is 1. The lowest BCUT2D eigenvalue weighted by molar-refractivity contribution is -0.141. The number of nitrogens with zero attached hydrogens (tertiary/aromatic N) is 3. The zero-order valence-electron chi connectivity index (χ0n) is 17.8. The fraction of sp³-hybridized carbons (Fsp3) is 0.192. The summed E-state index contributed by atoms with van der Waals surface area (Å²) in [5, 5.41) is 9.24. The summed E-state index contributed by atoms with van der Waals surface area (Å²) in [4.78, 5) is 29.5. The van der Waals surface area contributed by atoms with Crippen LogP contribution in [0.1, 0.15) is 24.0 Å². The fourth-order valence-corrected chi connectivity index (χ4v) is 4.27. The number of esters is 1. The minimum Gasteiger partial charge on any atom is -0.469 e. The molecule has 6 heteroatoms. The molecule has 0 aliphatic carbocycles. The van der Waals surface area contributed by atoms with Gasteiger partial charge < -0.3 is 4.74 Å². The Morgan fingerprint density at radius 3 is 2.12 bits per heavy atom. The Labute approximate surface area is 187 Å². The Bertz CT molecular complexity index is 1140. The second-order valence-corrected chi connectivity index (χ2v) is 7.67. The molecule has 0 spiro atoms. The van der Waals surface area contributed by atoms with E-state index in [0.29, 0.717) is 18.5 Å². The summed E-state index contributed by atoms with van der Waals surface area (Å²) in [5.74, 6) is -0.336. The van der Waals surface area contributed by atoms with Crippen molar-refractivity contribution in [2.45, 2.75) is 18.4 Å². The average molecular weight is 425 g/mol. The second-order valence-electron chi connectivity index (χ2n) is 7.67. The SMILES string of the molecule is COC(=O)CCC1(c2ccc(C#N)cc2)CN(c2ccccc2)C(=O)N1c1ccccc1. The Kier molecular flexibility index (Phi) is 5.91. The average Bonchev–Trinajstić information content (AvgIpc) is 3.16. The van der Waals surface area contributed by atoms with Gasteiger partial charge >= 0.3 is 12.0 Å². The molecule has 1 aliphatic heterocycles. The molecule has 0 N–H and O–H groups in total. The highest BCUT2D eigenvalue weighted by Gasteiger charge is 2.52. The molecule has 1 heterocycles. The summed E-state index contributed by atoms with van der Waals surface area (Å²) in [5.41, 5.74) is 2.09. The van der Waals surface area contributed by atoms with Gasteiger partial charge in [0, 0.05) is 17.8 Å². The van der Waals surface area contributed by atoms with E-state index < -0.39 is 5.54 Å². The van der Waals surface area contributed by atoms with Crippen LogP contribution in [0.3, 0.4) is 0 Å². The number of ether oxygens (including phenoxy) is 1. The molecule has 0 aromatic heterocycles. The first kappa shape index (κ1) is 21.1. The van der Waals surface area contributed by atoms with E-state index in [0.717, 1.165) is 16.9 Å². The van der Waals surface area contributed by atoms with Crippen molar-refractivity contribution in [3.8, 4) is 6.07 Å². The van der Waals surface area contributed by atoms with E-state index >= 15 is 0 Å². The quantitative estimate of drug-likeness (QED) is 0.529. The van der Waals surface area contributed by atoms with Crippen molar-refractivity contribution in [2.75, 3.05) is 23.5 Å². The predicted molar refractivity (Wildman–Crippen MR) is 122 cm³/mol. The Morgan fingerprint density at radius 2 is 1.56 bits per heavy atom. The largest absolute Gasteiger partial charge is 0.469 e. The molecule has 1 fully saturated rings. The number of nitriles is 1. The summed E-state index contributed by atoms with van der Waals surface area (Å²) < 4.78 is 4.91. The highest BCUT2D eigenvalue weighted by atomic mass is 16.5. The molecule has 2 amide bonds. The smallest absolute Gasteiger partial charge is 0.329 e. The molecule has 3 aromatic carbocycles. The number of carbonyl (C=O) groups excluding carboxylic acids is 2. The van der Waals surface area contributed by atoms with Crippen molar-refractivity contribution in [3.05, 3.63) is 96.1 Å². The lowest BCUT2D eigenvalue weighted by Crippen LogP contribution is -2.45. The lowest BCUT2D eigenvalue weighted by Gasteiger charge is -2.37. The summed E-state index contributed by atoms with van der Waals surface area (Å²) >= 11 is 0. The van der Waals surface area contributed by atoms with Crippen LogP contribution in [0.15, 0.2) is 84.9 Å². The minimum atomic E-state index is -0.823. The van der Waals surface area contributed by atoms with Gasteiger partial charge in [0.05, 0.1) is 30.8 Å². The number of hydrogen-bond acceptors (Lipinski definition) is 4. The second kappa shape index (κ2) is 8.94. The molecule has 6 nitrogen and oxygen atoms in total. The minimum absolute atomic E-state index is 0.149. The molecule has 4 rings (SSSR count). The van der Waals surface area contributed by atoms with Gasteiger partial charge in [-0.1, -0.05) is 48.5 Å². The van der Waals surface area contributed by atoms with Crippen molar-refractivity contribution in [2.24, 2.45) is 0 Å². The molecule has 160 valence electrons. The molecule has 0 radical (unpaired) electrons. The van der Waals surface area contributed by atoms with E-state index in [4.69, 9.17) is 4.74 Å². The molecule has 1 aliphatic rings. The third-order valence-corrected chi connectivity index (χ3v) is 5.87. The van der Waals surface area contributed by atoms with Crippen LogP contribution in [-0.2, 0) is 15.1 Å². The van der Waals surface area contributed by atoms with Crippen LogP contribution >= 0.6 is 0 Å². The van der Waals surface area contributed by atoms with E-state index in [9.17, 15) is 14.9 Å². The van der Waals surface area contributed by atoms with Gasteiger partial charge in [0.2, 0.25) is 0 Å². The zero-order valence-corrected chi connectivity index (χ0v) is 17.8. The number of urea groups is 1. The molecule has 3 aromatic rings. The van der Waals surface area contributed by atoms with Gasteiger partial charge in [-0.05, 0) is 48.4 Å². The highest BCUT2D eigenvalue weighted by Crippen LogP contribution is 2.44.